The number of aromatic nitrogens is 1. The monoisotopic (exact) mass is 278 g/mol. The van der Waals surface area contributed by atoms with E-state index in [4.69, 9.17) is 4.74 Å². The average Bonchev–Trinajstić information content (AvgIpc) is 2.86. The van der Waals surface area contributed by atoms with Crippen LogP contribution in [-0.4, -0.2) is 25.2 Å². The van der Waals surface area contributed by atoms with Crippen molar-refractivity contribution in [3.05, 3.63) is 34.8 Å². The molecular weight excluding hydrogens is 264 g/mol. The third-order valence-corrected chi connectivity index (χ3v) is 3.43. The fourth-order valence-electron chi connectivity index (χ4n) is 1.61. The Morgan fingerprint density at radius 1 is 1.37 bits per heavy atom. The summed E-state index contributed by atoms with van der Waals surface area (Å²) in [6, 6.07) is 5.73. The lowest BCUT2D eigenvalue weighted by molar-refractivity contribution is 0.0606. The first-order chi connectivity index (χ1) is 9.13. The zero-order valence-corrected chi connectivity index (χ0v) is 11.7. The Bertz CT molecular complexity index is 595. The lowest BCUT2D eigenvalue weighted by Crippen LogP contribution is -1.96. The summed E-state index contributed by atoms with van der Waals surface area (Å²) in [4.78, 5) is 15.9. The summed E-state index contributed by atoms with van der Waals surface area (Å²) in [7, 11) is 2.99. The number of nitrogens with one attached hydrogen (secondary N) is 1. The van der Waals surface area contributed by atoms with Crippen molar-refractivity contribution in [2.45, 2.75) is 6.92 Å². The number of aryl methyl sites for hydroxylation is 1. The summed E-state index contributed by atoms with van der Waals surface area (Å²) in [5.74, 6) is 0.455. The molecule has 0 atom stereocenters. The number of thiazole rings is 1. The first kappa shape index (κ1) is 13.4. The molecule has 0 amide bonds. The fraction of sp³-hybridized carbons (Fsp3) is 0.231. The molecular formula is C13H14N2O3S. The molecule has 19 heavy (non-hydrogen) atoms. The van der Waals surface area contributed by atoms with Gasteiger partial charge in [0.15, 0.2) is 5.13 Å². The van der Waals surface area contributed by atoms with Gasteiger partial charge in [0.2, 0.25) is 0 Å². The number of hydrogen-bond donors (Lipinski definition) is 1. The van der Waals surface area contributed by atoms with Crippen molar-refractivity contribution in [3.63, 3.8) is 0 Å². The van der Waals surface area contributed by atoms with Gasteiger partial charge in [0, 0.05) is 5.69 Å². The fourth-order valence-corrected chi connectivity index (χ4v) is 2.36. The van der Waals surface area contributed by atoms with Crippen LogP contribution in [0.15, 0.2) is 24.4 Å². The predicted molar refractivity (Wildman–Crippen MR) is 74.5 cm³/mol. The highest BCUT2D eigenvalue weighted by Crippen LogP contribution is 2.26. The lowest BCUT2D eigenvalue weighted by Gasteiger charge is -2.07. The van der Waals surface area contributed by atoms with E-state index in [0.717, 1.165) is 17.0 Å². The zero-order valence-electron chi connectivity index (χ0n) is 10.9. The second kappa shape index (κ2) is 5.71. The van der Waals surface area contributed by atoms with Crippen LogP contribution in [0, 0.1) is 6.92 Å². The van der Waals surface area contributed by atoms with Crippen LogP contribution in [0.2, 0.25) is 0 Å². The van der Waals surface area contributed by atoms with E-state index in [2.05, 4.69) is 15.0 Å². The van der Waals surface area contributed by atoms with Crippen molar-refractivity contribution in [2.75, 3.05) is 19.5 Å². The molecule has 0 aliphatic carbocycles. The number of carbonyl (C=O) groups is 1. The summed E-state index contributed by atoms with van der Waals surface area (Å²) < 4.78 is 9.83. The number of nitrogens with zero attached hydrogens (tertiary/aromatic N) is 1. The summed E-state index contributed by atoms with van der Waals surface area (Å²) in [6.07, 6.45) is 1.50. The molecule has 0 unspecified atom stereocenters. The van der Waals surface area contributed by atoms with Gasteiger partial charge in [0.1, 0.15) is 10.6 Å². The minimum Gasteiger partial charge on any atom is -0.496 e. The van der Waals surface area contributed by atoms with E-state index >= 15 is 0 Å². The summed E-state index contributed by atoms with van der Waals surface area (Å²) in [5, 5.41) is 3.78. The highest BCUT2D eigenvalue weighted by Gasteiger charge is 2.10. The largest absolute Gasteiger partial charge is 0.496 e. The van der Waals surface area contributed by atoms with E-state index < -0.39 is 0 Å². The van der Waals surface area contributed by atoms with Gasteiger partial charge in [-0.25, -0.2) is 9.78 Å². The van der Waals surface area contributed by atoms with Crippen LogP contribution in [0.1, 0.15) is 15.2 Å². The second-order valence-corrected chi connectivity index (χ2v) is 4.86. The summed E-state index contributed by atoms with van der Waals surface area (Å²) in [6.45, 7) is 1.96. The molecule has 100 valence electrons. The van der Waals surface area contributed by atoms with Crippen LogP contribution in [0.3, 0.4) is 0 Å². The van der Waals surface area contributed by atoms with Crippen LogP contribution < -0.4 is 10.1 Å². The van der Waals surface area contributed by atoms with Crippen molar-refractivity contribution < 1.29 is 14.3 Å². The number of anilines is 2. The molecule has 1 aromatic carbocycles. The molecule has 0 spiro atoms. The Hall–Kier alpha value is -2.08. The Labute approximate surface area is 115 Å². The van der Waals surface area contributed by atoms with Crippen molar-refractivity contribution in [3.8, 4) is 5.75 Å². The number of esters is 1. The standard InChI is InChI=1S/C13H14N2O3S/c1-8-6-9(4-5-10(8)17-2)15-13-14-7-11(19-13)12(16)18-3/h4-7H,1-3H3,(H,14,15). The van der Waals surface area contributed by atoms with Gasteiger partial charge in [0.25, 0.3) is 0 Å². The number of hydrogen-bond acceptors (Lipinski definition) is 6. The van der Waals surface area contributed by atoms with Gasteiger partial charge in [-0.15, -0.1) is 0 Å². The smallest absolute Gasteiger partial charge is 0.349 e. The van der Waals surface area contributed by atoms with E-state index in [1.54, 1.807) is 7.11 Å². The van der Waals surface area contributed by atoms with Gasteiger partial charge < -0.3 is 14.8 Å². The lowest BCUT2D eigenvalue weighted by atomic mass is 10.2. The highest BCUT2D eigenvalue weighted by atomic mass is 32.1. The maximum absolute atomic E-state index is 11.3. The van der Waals surface area contributed by atoms with Crippen molar-refractivity contribution in [1.82, 2.24) is 4.98 Å². The van der Waals surface area contributed by atoms with Crippen LogP contribution in [0.4, 0.5) is 10.8 Å². The third-order valence-electron chi connectivity index (χ3n) is 2.54. The van der Waals surface area contributed by atoms with Gasteiger partial charge in [-0.1, -0.05) is 11.3 Å². The molecule has 0 bridgehead atoms. The molecule has 0 saturated carbocycles. The molecule has 5 nitrogen and oxygen atoms in total. The normalized spacial score (nSPS) is 10.1. The average molecular weight is 278 g/mol. The summed E-state index contributed by atoms with van der Waals surface area (Å²) in [5.41, 5.74) is 1.92. The number of methoxy groups -OCH3 is 2. The second-order valence-electron chi connectivity index (χ2n) is 3.83. The molecule has 1 N–H and O–H groups in total. The van der Waals surface area contributed by atoms with Gasteiger partial charge in [-0.05, 0) is 30.7 Å². The minimum atomic E-state index is -0.378. The van der Waals surface area contributed by atoms with E-state index in [9.17, 15) is 4.79 Å². The van der Waals surface area contributed by atoms with Crippen LogP contribution in [-0.2, 0) is 4.74 Å². The Morgan fingerprint density at radius 3 is 2.79 bits per heavy atom. The van der Waals surface area contributed by atoms with E-state index in [1.807, 2.05) is 25.1 Å². The van der Waals surface area contributed by atoms with Crippen molar-refractivity contribution in [1.29, 1.82) is 0 Å². The first-order valence-electron chi connectivity index (χ1n) is 5.60. The Kier molecular flexibility index (Phi) is 4.01. The van der Waals surface area contributed by atoms with E-state index in [0.29, 0.717) is 10.0 Å². The SMILES string of the molecule is COC(=O)c1cnc(Nc2ccc(OC)c(C)c2)s1. The van der Waals surface area contributed by atoms with Gasteiger partial charge >= 0.3 is 5.97 Å². The molecule has 2 aromatic rings. The van der Waals surface area contributed by atoms with Gasteiger partial charge in [-0.2, -0.15) is 0 Å². The quantitative estimate of drug-likeness (QED) is 0.871. The molecule has 0 fully saturated rings. The zero-order chi connectivity index (χ0) is 13.8. The number of ether oxygens (including phenoxy) is 2. The molecule has 0 radical (unpaired) electrons. The molecule has 1 heterocycles. The molecule has 6 heteroatoms. The van der Waals surface area contributed by atoms with Gasteiger partial charge in [-0.3, -0.25) is 0 Å². The van der Waals surface area contributed by atoms with E-state index in [-0.39, 0.29) is 5.97 Å². The number of benzene rings is 1. The van der Waals surface area contributed by atoms with Crippen molar-refractivity contribution >= 4 is 28.1 Å². The molecule has 0 aliphatic heterocycles. The van der Waals surface area contributed by atoms with Crippen LogP contribution >= 0.6 is 11.3 Å². The maximum Gasteiger partial charge on any atom is 0.349 e. The van der Waals surface area contributed by atoms with Crippen molar-refractivity contribution in [2.24, 2.45) is 0 Å². The third kappa shape index (κ3) is 3.03. The number of carbonyl (C=O) groups excluding carboxylic acids is 1. The first-order valence-corrected chi connectivity index (χ1v) is 6.41. The Morgan fingerprint density at radius 2 is 2.16 bits per heavy atom. The topological polar surface area (TPSA) is 60.5 Å². The van der Waals surface area contributed by atoms with Crippen LogP contribution in [0.5, 0.6) is 5.75 Å². The molecule has 0 saturated heterocycles. The number of rotatable bonds is 4. The Balaban J connectivity index is 2.15. The van der Waals surface area contributed by atoms with E-state index in [1.165, 1.54) is 24.6 Å². The highest BCUT2D eigenvalue weighted by molar-refractivity contribution is 7.17. The molecule has 1 aromatic heterocycles. The van der Waals surface area contributed by atoms with Gasteiger partial charge in [0.05, 0.1) is 20.4 Å². The molecule has 0 aliphatic rings. The predicted octanol–water partition coefficient (Wildman–Crippen LogP) is 2.99. The summed E-state index contributed by atoms with van der Waals surface area (Å²) >= 11 is 1.25. The van der Waals surface area contributed by atoms with Crippen LogP contribution in [0.25, 0.3) is 0 Å². The maximum atomic E-state index is 11.3. The minimum absolute atomic E-state index is 0.378. The molecule has 2 rings (SSSR count).